The van der Waals surface area contributed by atoms with Crippen LogP contribution in [0.15, 0.2) is 12.2 Å². The maximum absolute atomic E-state index is 12.6. The number of ether oxygens (including phenoxy) is 1. The van der Waals surface area contributed by atoms with E-state index in [0.29, 0.717) is 30.0 Å². The zero-order valence-electron chi connectivity index (χ0n) is 15.5. The summed E-state index contributed by atoms with van der Waals surface area (Å²) in [4.78, 5) is 24.4. The predicted molar refractivity (Wildman–Crippen MR) is 93.6 cm³/mol. The molecule has 4 aliphatic rings. The van der Waals surface area contributed by atoms with Gasteiger partial charge in [0.2, 0.25) is 0 Å². The van der Waals surface area contributed by atoms with Crippen molar-refractivity contribution < 1.29 is 19.4 Å². The quantitative estimate of drug-likeness (QED) is 0.585. The average molecular weight is 346 g/mol. The van der Waals surface area contributed by atoms with E-state index in [1.807, 2.05) is 6.08 Å². The van der Waals surface area contributed by atoms with Crippen LogP contribution >= 0.6 is 0 Å². The van der Waals surface area contributed by atoms with E-state index in [0.717, 1.165) is 32.1 Å². The van der Waals surface area contributed by atoms with Crippen molar-refractivity contribution in [2.45, 2.75) is 71.5 Å². The number of aliphatic hydroxyl groups excluding tert-OH is 1. The van der Waals surface area contributed by atoms with E-state index in [1.54, 1.807) is 0 Å². The van der Waals surface area contributed by atoms with E-state index in [2.05, 4.69) is 19.9 Å². The Labute approximate surface area is 150 Å². The van der Waals surface area contributed by atoms with Gasteiger partial charge in [0, 0.05) is 24.7 Å². The molecule has 0 amide bonds. The molecule has 0 aliphatic heterocycles. The molecule has 4 nitrogen and oxygen atoms in total. The molecular formula is C21H30O4. The van der Waals surface area contributed by atoms with Gasteiger partial charge in [0.1, 0.15) is 11.9 Å². The Balaban J connectivity index is 1.75. The Morgan fingerprint density at radius 3 is 2.72 bits per heavy atom. The number of esters is 1. The number of hydrogen-bond acceptors (Lipinski definition) is 4. The van der Waals surface area contributed by atoms with Gasteiger partial charge in [-0.3, -0.25) is 9.59 Å². The first kappa shape index (κ1) is 17.3. The third kappa shape index (κ3) is 2.43. The van der Waals surface area contributed by atoms with Crippen molar-refractivity contribution in [2.75, 3.05) is 0 Å². The lowest BCUT2D eigenvalue weighted by molar-refractivity contribution is -0.177. The van der Waals surface area contributed by atoms with Gasteiger partial charge in [-0.15, -0.1) is 0 Å². The van der Waals surface area contributed by atoms with Gasteiger partial charge in [-0.2, -0.15) is 0 Å². The van der Waals surface area contributed by atoms with Crippen molar-refractivity contribution in [3.8, 4) is 0 Å². The van der Waals surface area contributed by atoms with Crippen LogP contribution in [0.4, 0.5) is 0 Å². The molecule has 0 radical (unpaired) electrons. The number of fused-ring (bicyclic) bond motifs is 5. The highest BCUT2D eigenvalue weighted by atomic mass is 16.5. The van der Waals surface area contributed by atoms with E-state index in [4.69, 9.17) is 4.74 Å². The SMILES string of the molecule is CC(=O)OC1CC2CC(O)C=C[C@]2(C)[C@@H]2CC[C@]3(C)C(=O)CC[C@H]3[C@H]12. The summed E-state index contributed by atoms with van der Waals surface area (Å²) in [6, 6.07) is 0. The van der Waals surface area contributed by atoms with Crippen LogP contribution < -0.4 is 0 Å². The van der Waals surface area contributed by atoms with Gasteiger partial charge in [-0.25, -0.2) is 0 Å². The van der Waals surface area contributed by atoms with E-state index < -0.39 is 6.10 Å². The maximum atomic E-state index is 12.6. The molecule has 25 heavy (non-hydrogen) atoms. The molecule has 0 bridgehead atoms. The molecule has 1 N–H and O–H groups in total. The molecule has 4 heteroatoms. The maximum Gasteiger partial charge on any atom is 0.302 e. The van der Waals surface area contributed by atoms with Crippen LogP contribution in [0.2, 0.25) is 0 Å². The number of carbonyl (C=O) groups is 2. The fourth-order valence-corrected chi connectivity index (χ4v) is 6.84. The number of carbonyl (C=O) groups excluding carboxylic acids is 2. The first-order valence-electron chi connectivity index (χ1n) is 9.83. The standard InChI is InChI=1S/C21H30O4/c1-12(22)25-17-11-13-10-14(23)6-8-20(13,2)16-7-9-21(3)15(19(16)17)4-5-18(21)24/h6,8,13-17,19,23H,4-5,7,9-11H2,1-3H3/t13?,14?,15-,16+,17?,19-,20-,21-/m0/s1. The third-order valence-electron chi connectivity index (χ3n) is 8.19. The number of Topliss-reactive ketones (excluding diaryl/α,β-unsaturated/α-hetero) is 1. The van der Waals surface area contributed by atoms with Crippen LogP contribution in [0.5, 0.6) is 0 Å². The van der Waals surface area contributed by atoms with E-state index >= 15 is 0 Å². The Morgan fingerprint density at radius 2 is 2.00 bits per heavy atom. The molecule has 0 aromatic carbocycles. The van der Waals surface area contributed by atoms with Gasteiger partial charge in [-0.05, 0) is 55.3 Å². The van der Waals surface area contributed by atoms with Crippen molar-refractivity contribution in [3.05, 3.63) is 12.2 Å². The molecule has 0 spiro atoms. The summed E-state index contributed by atoms with van der Waals surface area (Å²) >= 11 is 0. The molecule has 4 rings (SSSR count). The number of aliphatic hydroxyl groups is 1. The lowest BCUT2D eigenvalue weighted by Crippen LogP contribution is -2.58. The Hall–Kier alpha value is -1.16. The summed E-state index contributed by atoms with van der Waals surface area (Å²) in [5.74, 6) is 1.51. The summed E-state index contributed by atoms with van der Waals surface area (Å²) in [7, 11) is 0. The lowest BCUT2D eigenvalue weighted by Gasteiger charge is -2.60. The van der Waals surface area contributed by atoms with E-state index in [1.165, 1.54) is 6.92 Å². The molecule has 3 saturated carbocycles. The minimum atomic E-state index is -0.394. The van der Waals surface area contributed by atoms with Crippen molar-refractivity contribution in [3.63, 3.8) is 0 Å². The number of allylic oxidation sites excluding steroid dienone is 1. The lowest BCUT2D eigenvalue weighted by atomic mass is 9.45. The molecule has 8 atom stereocenters. The van der Waals surface area contributed by atoms with Gasteiger partial charge in [0.05, 0.1) is 6.10 Å². The molecular weight excluding hydrogens is 316 g/mol. The molecule has 0 aromatic rings. The minimum absolute atomic E-state index is 0.0352. The number of hydrogen-bond donors (Lipinski definition) is 1. The highest BCUT2D eigenvalue weighted by molar-refractivity contribution is 5.87. The molecule has 0 heterocycles. The van der Waals surface area contributed by atoms with Gasteiger partial charge in [0.25, 0.3) is 0 Å². The topological polar surface area (TPSA) is 63.6 Å². The fourth-order valence-electron chi connectivity index (χ4n) is 6.84. The van der Waals surface area contributed by atoms with Crippen molar-refractivity contribution in [1.82, 2.24) is 0 Å². The number of ketones is 1. The van der Waals surface area contributed by atoms with Crippen LogP contribution in [0.25, 0.3) is 0 Å². The van der Waals surface area contributed by atoms with Crippen LogP contribution in [0.3, 0.4) is 0 Å². The van der Waals surface area contributed by atoms with Crippen molar-refractivity contribution in [2.24, 2.45) is 34.5 Å². The van der Waals surface area contributed by atoms with Gasteiger partial charge in [-0.1, -0.05) is 26.0 Å². The summed E-state index contributed by atoms with van der Waals surface area (Å²) in [6.07, 6.45) is 8.78. The minimum Gasteiger partial charge on any atom is -0.462 e. The summed E-state index contributed by atoms with van der Waals surface area (Å²) in [5, 5.41) is 10.1. The normalized spacial score (nSPS) is 51.4. The highest BCUT2D eigenvalue weighted by Crippen LogP contribution is 2.64. The predicted octanol–water partition coefficient (Wildman–Crippen LogP) is 3.28. The smallest absolute Gasteiger partial charge is 0.302 e. The van der Waals surface area contributed by atoms with Crippen LogP contribution in [-0.2, 0) is 14.3 Å². The van der Waals surface area contributed by atoms with Gasteiger partial charge < -0.3 is 9.84 Å². The van der Waals surface area contributed by atoms with Crippen LogP contribution in [-0.4, -0.2) is 29.1 Å². The Kier molecular flexibility index (Phi) is 3.91. The molecule has 0 saturated heterocycles. The molecule has 3 unspecified atom stereocenters. The molecule has 0 aromatic heterocycles. The largest absolute Gasteiger partial charge is 0.462 e. The molecule has 138 valence electrons. The van der Waals surface area contributed by atoms with Gasteiger partial charge in [0.15, 0.2) is 0 Å². The second kappa shape index (κ2) is 5.67. The van der Waals surface area contributed by atoms with Gasteiger partial charge >= 0.3 is 5.97 Å². The average Bonchev–Trinajstić information content (AvgIpc) is 2.84. The van der Waals surface area contributed by atoms with E-state index in [-0.39, 0.29) is 28.8 Å². The molecule has 3 fully saturated rings. The second-order valence-corrected chi connectivity index (χ2v) is 9.32. The second-order valence-electron chi connectivity index (χ2n) is 9.32. The first-order chi connectivity index (χ1) is 11.8. The van der Waals surface area contributed by atoms with Crippen LogP contribution in [0, 0.1) is 34.5 Å². The summed E-state index contributed by atoms with van der Waals surface area (Å²) in [6.45, 7) is 5.95. The van der Waals surface area contributed by atoms with Crippen molar-refractivity contribution in [1.29, 1.82) is 0 Å². The Morgan fingerprint density at radius 1 is 1.24 bits per heavy atom. The monoisotopic (exact) mass is 346 g/mol. The zero-order chi connectivity index (χ0) is 18.0. The van der Waals surface area contributed by atoms with Crippen LogP contribution in [0.1, 0.15) is 59.3 Å². The first-order valence-corrected chi connectivity index (χ1v) is 9.83. The number of rotatable bonds is 1. The summed E-state index contributed by atoms with van der Waals surface area (Å²) in [5.41, 5.74) is -0.200. The Bertz CT molecular complexity index is 625. The third-order valence-corrected chi connectivity index (χ3v) is 8.19. The molecule has 4 aliphatic carbocycles. The highest BCUT2D eigenvalue weighted by Gasteiger charge is 2.62. The summed E-state index contributed by atoms with van der Waals surface area (Å²) < 4.78 is 5.82. The fraction of sp³-hybridized carbons (Fsp3) is 0.810. The van der Waals surface area contributed by atoms with Crippen molar-refractivity contribution >= 4 is 11.8 Å². The van der Waals surface area contributed by atoms with E-state index in [9.17, 15) is 14.7 Å². The zero-order valence-corrected chi connectivity index (χ0v) is 15.5.